The van der Waals surface area contributed by atoms with Gasteiger partial charge in [-0.3, -0.25) is 0 Å². The maximum absolute atomic E-state index is 5.48. The van der Waals surface area contributed by atoms with Crippen LogP contribution in [-0.2, 0) is 0 Å². The molecule has 5 nitrogen and oxygen atoms in total. The van der Waals surface area contributed by atoms with Gasteiger partial charge in [0.15, 0.2) is 11.6 Å². The molecule has 1 N–H and O–H groups in total. The average Bonchev–Trinajstić information content (AvgIpc) is 2.35. The molecule has 0 saturated heterocycles. The van der Waals surface area contributed by atoms with Crippen LogP contribution in [0.25, 0.3) is 0 Å². The highest BCUT2D eigenvalue weighted by molar-refractivity contribution is 5.65. The molecule has 5 heteroatoms. The molecule has 0 bridgehead atoms. The van der Waals surface area contributed by atoms with Crippen molar-refractivity contribution >= 4 is 11.6 Å². The zero-order chi connectivity index (χ0) is 13.5. The lowest BCUT2D eigenvalue weighted by molar-refractivity contribution is 0.410. The topological polar surface area (TPSA) is 50.3 Å². The van der Waals surface area contributed by atoms with Gasteiger partial charge in [0, 0.05) is 19.1 Å². The largest absolute Gasteiger partial charge is 0.490 e. The lowest BCUT2D eigenvalue weighted by Gasteiger charge is -2.29. The van der Waals surface area contributed by atoms with Crippen LogP contribution in [0.2, 0.25) is 0 Å². The minimum Gasteiger partial charge on any atom is -0.490 e. The monoisotopic (exact) mass is 252 g/mol. The third-order valence-corrected chi connectivity index (χ3v) is 2.69. The van der Waals surface area contributed by atoms with Crippen molar-refractivity contribution in [3.63, 3.8) is 0 Å². The third-order valence-electron chi connectivity index (χ3n) is 2.69. The number of rotatable bonds is 7. The van der Waals surface area contributed by atoms with Gasteiger partial charge >= 0.3 is 0 Å². The quantitative estimate of drug-likeness (QED) is 0.808. The van der Waals surface area contributed by atoms with Crippen LogP contribution in [0.1, 0.15) is 34.1 Å². The van der Waals surface area contributed by atoms with E-state index in [-0.39, 0.29) is 0 Å². The van der Waals surface area contributed by atoms with Crippen molar-refractivity contribution in [1.82, 2.24) is 9.97 Å². The molecule has 1 heterocycles. The number of aromatic nitrogens is 2. The van der Waals surface area contributed by atoms with Gasteiger partial charge in [0.25, 0.3) is 0 Å². The molecule has 0 atom stereocenters. The minimum atomic E-state index is 0.378. The second-order valence-electron chi connectivity index (χ2n) is 4.40. The molecule has 0 fully saturated rings. The van der Waals surface area contributed by atoms with Crippen LogP contribution in [0.3, 0.4) is 0 Å². The molecule has 0 aromatic carbocycles. The lowest BCUT2D eigenvalue weighted by Crippen LogP contribution is -2.32. The van der Waals surface area contributed by atoms with Crippen molar-refractivity contribution in [1.29, 1.82) is 0 Å². The predicted molar refractivity (Wildman–Crippen MR) is 75.5 cm³/mol. The van der Waals surface area contributed by atoms with E-state index < -0.39 is 0 Å². The summed E-state index contributed by atoms with van der Waals surface area (Å²) in [5.41, 5.74) is 0. The number of nitrogens with one attached hydrogen (secondary N) is 1. The SMILES string of the molecule is CCCN(c1ncnc(NCC)c1OC)C(C)C. The first-order valence-corrected chi connectivity index (χ1v) is 6.55. The summed E-state index contributed by atoms with van der Waals surface area (Å²) in [5, 5.41) is 3.20. The number of methoxy groups -OCH3 is 1. The summed E-state index contributed by atoms with van der Waals surface area (Å²) in [4.78, 5) is 10.8. The van der Waals surface area contributed by atoms with E-state index >= 15 is 0 Å². The molecule has 1 aromatic heterocycles. The van der Waals surface area contributed by atoms with Crippen molar-refractivity contribution in [2.45, 2.75) is 40.2 Å². The third kappa shape index (κ3) is 3.24. The minimum absolute atomic E-state index is 0.378. The van der Waals surface area contributed by atoms with Crippen LogP contribution in [0.4, 0.5) is 11.6 Å². The second-order valence-corrected chi connectivity index (χ2v) is 4.40. The summed E-state index contributed by atoms with van der Waals surface area (Å²) < 4.78 is 5.48. The highest BCUT2D eigenvalue weighted by Gasteiger charge is 2.19. The van der Waals surface area contributed by atoms with Crippen LogP contribution in [-0.4, -0.2) is 36.2 Å². The fourth-order valence-corrected chi connectivity index (χ4v) is 1.90. The number of anilines is 2. The van der Waals surface area contributed by atoms with Gasteiger partial charge < -0.3 is 15.0 Å². The highest BCUT2D eigenvalue weighted by Crippen LogP contribution is 2.32. The first-order valence-electron chi connectivity index (χ1n) is 6.55. The lowest BCUT2D eigenvalue weighted by atomic mass is 10.2. The zero-order valence-corrected chi connectivity index (χ0v) is 12.0. The molecule has 0 aliphatic carbocycles. The van der Waals surface area contributed by atoms with E-state index in [0.29, 0.717) is 6.04 Å². The van der Waals surface area contributed by atoms with E-state index in [1.54, 1.807) is 13.4 Å². The van der Waals surface area contributed by atoms with Gasteiger partial charge in [0.1, 0.15) is 6.33 Å². The maximum Gasteiger partial charge on any atom is 0.204 e. The van der Waals surface area contributed by atoms with E-state index in [1.807, 2.05) is 6.92 Å². The number of nitrogens with zero attached hydrogens (tertiary/aromatic N) is 3. The Bertz CT molecular complexity index is 368. The molecule has 0 unspecified atom stereocenters. The molecule has 0 radical (unpaired) electrons. The van der Waals surface area contributed by atoms with Crippen LogP contribution in [0.5, 0.6) is 5.75 Å². The molecule has 102 valence electrons. The summed E-state index contributed by atoms with van der Waals surface area (Å²) >= 11 is 0. The van der Waals surface area contributed by atoms with Crippen LogP contribution in [0, 0.1) is 0 Å². The Morgan fingerprint density at radius 3 is 2.56 bits per heavy atom. The Morgan fingerprint density at radius 2 is 2.06 bits per heavy atom. The normalized spacial score (nSPS) is 10.6. The van der Waals surface area contributed by atoms with Gasteiger partial charge in [-0.15, -0.1) is 0 Å². The number of ether oxygens (including phenoxy) is 1. The van der Waals surface area contributed by atoms with E-state index in [4.69, 9.17) is 4.74 Å². The van der Waals surface area contributed by atoms with Crippen molar-refractivity contribution < 1.29 is 4.74 Å². The fraction of sp³-hybridized carbons (Fsp3) is 0.692. The Morgan fingerprint density at radius 1 is 1.33 bits per heavy atom. The Balaban J connectivity index is 3.15. The molecular formula is C13H24N4O. The average molecular weight is 252 g/mol. The van der Waals surface area contributed by atoms with Gasteiger partial charge in [-0.05, 0) is 27.2 Å². The van der Waals surface area contributed by atoms with Crippen LogP contribution >= 0.6 is 0 Å². The fourth-order valence-electron chi connectivity index (χ4n) is 1.90. The Kier molecular flexibility index (Phi) is 5.68. The van der Waals surface area contributed by atoms with Gasteiger partial charge in [-0.1, -0.05) is 6.92 Å². The summed E-state index contributed by atoms with van der Waals surface area (Å²) in [6.45, 7) is 10.3. The molecule has 1 aromatic rings. The molecule has 0 aliphatic rings. The smallest absolute Gasteiger partial charge is 0.204 e. The first-order chi connectivity index (χ1) is 8.65. The van der Waals surface area contributed by atoms with Crippen molar-refractivity contribution in [2.75, 3.05) is 30.4 Å². The summed E-state index contributed by atoms with van der Waals surface area (Å²) in [6, 6.07) is 0.378. The van der Waals surface area contributed by atoms with Crippen molar-refractivity contribution in [3.8, 4) is 5.75 Å². The Hall–Kier alpha value is -1.52. The Labute approximate surface area is 110 Å². The van der Waals surface area contributed by atoms with Gasteiger partial charge in [-0.25, -0.2) is 9.97 Å². The van der Waals surface area contributed by atoms with Crippen LogP contribution in [0.15, 0.2) is 6.33 Å². The van der Waals surface area contributed by atoms with Crippen LogP contribution < -0.4 is 15.0 Å². The standard InChI is InChI=1S/C13H24N4O/c1-6-8-17(10(3)4)13-11(18-5)12(14-7-2)15-9-16-13/h9-10H,6-8H2,1-5H3,(H,14,15,16). The van der Waals surface area contributed by atoms with E-state index in [9.17, 15) is 0 Å². The molecule has 0 aliphatic heterocycles. The van der Waals surface area contributed by atoms with E-state index in [1.165, 1.54) is 0 Å². The van der Waals surface area contributed by atoms with E-state index in [2.05, 4.69) is 41.0 Å². The highest BCUT2D eigenvalue weighted by atomic mass is 16.5. The molecule has 0 spiro atoms. The first kappa shape index (κ1) is 14.5. The summed E-state index contributed by atoms with van der Waals surface area (Å²) in [5.74, 6) is 2.34. The number of hydrogen-bond donors (Lipinski definition) is 1. The zero-order valence-electron chi connectivity index (χ0n) is 12.0. The number of hydrogen-bond acceptors (Lipinski definition) is 5. The molecule has 1 rings (SSSR count). The molecular weight excluding hydrogens is 228 g/mol. The molecule has 0 amide bonds. The van der Waals surface area contributed by atoms with E-state index in [0.717, 1.165) is 36.9 Å². The second kappa shape index (κ2) is 7.03. The van der Waals surface area contributed by atoms with Gasteiger partial charge in [0.05, 0.1) is 7.11 Å². The van der Waals surface area contributed by atoms with Crippen molar-refractivity contribution in [3.05, 3.63) is 6.33 Å². The maximum atomic E-state index is 5.48. The molecule has 18 heavy (non-hydrogen) atoms. The summed E-state index contributed by atoms with van der Waals surface area (Å²) in [6.07, 6.45) is 2.66. The van der Waals surface area contributed by atoms with Crippen molar-refractivity contribution in [2.24, 2.45) is 0 Å². The summed E-state index contributed by atoms with van der Waals surface area (Å²) in [7, 11) is 1.66. The van der Waals surface area contributed by atoms with Gasteiger partial charge in [0.2, 0.25) is 5.75 Å². The predicted octanol–water partition coefficient (Wildman–Crippen LogP) is 2.54. The molecule has 0 saturated carbocycles. The van der Waals surface area contributed by atoms with Gasteiger partial charge in [-0.2, -0.15) is 0 Å².